The van der Waals surface area contributed by atoms with Gasteiger partial charge in [0.2, 0.25) is 0 Å². The van der Waals surface area contributed by atoms with Crippen molar-refractivity contribution >= 4 is 21.6 Å². The number of nitrogens with zero attached hydrogens (tertiary/aromatic N) is 1. The molecule has 0 aliphatic heterocycles. The fourth-order valence-electron chi connectivity index (χ4n) is 2.47. The summed E-state index contributed by atoms with van der Waals surface area (Å²) in [6.07, 6.45) is -5.07. The minimum absolute atomic E-state index is 0.0459. The Morgan fingerprint density at radius 1 is 1.11 bits per heavy atom. The van der Waals surface area contributed by atoms with E-state index in [0.717, 1.165) is 17.1 Å². The molecule has 4 nitrogen and oxygen atoms in total. The number of aromatic nitrogens is 1. The van der Waals surface area contributed by atoms with Gasteiger partial charge in [0.1, 0.15) is 0 Å². The number of thiazole rings is 1. The third-order valence-electron chi connectivity index (χ3n) is 4.21. The topological polar surface area (TPSA) is 51.6 Å². The predicted molar refractivity (Wildman–Crippen MR) is 97.7 cm³/mol. The highest BCUT2D eigenvalue weighted by Crippen LogP contribution is 2.37. The van der Waals surface area contributed by atoms with E-state index in [1.807, 2.05) is 24.3 Å². The van der Waals surface area contributed by atoms with Crippen LogP contribution in [0.5, 0.6) is 16.7 Å². The van der Waals surface area contributed by atoms with Crippen molar-refractivity contribution in [1.29, 1.82) is 0 Å². The first-order valence-electron chi connectivity index (χ1n) is 8.19. The maximum Gasteiger partial charge on any atom is 0.416 e. The fourth-order valence-corrected chi connectivity index (χ4v) is 3.30. The number of aliphatic hydroxyl groups is 1. The van der Waals surface area contributed by atoms with Crippen LogP contribution in [-0.2, 0) is 6.42 Å². The van der Waals surface area contributed by atoms with E-state index in [4.69, 9.17) is 9.47 Å². The normalized spacial score (nSPS) is 14.1. The molecular formula is C19H18F3NO3S. The summed E-state index contributed by atoms with van der Waals surface area (Å²) in [4.78, 5) is 4.38. The van der Waals surface area contributed by atoms with Gasteiger partial charge in [-0.1, -0.05) is 29.5 Å². The summed E-state index contributed by atoms with van der Waals surface area (Å²) < 4.78 is 50.4. The van der Waals surface area contributed by atoms with Gasteiger partial charge < -0.3 is 14.6 Å². The zero-order valence-electron chi connectivity index (χ0n) is 14.7. The van der Waals surface area contributed by atoms with E-state index in [-0.39, 0.29) is 6.42 Å². The van der Waals surface area contributed by atoms with Gasteiger partial charge in [0.05, 0.1) is 17.3 Å². The Morgan fingerprint density at radius 3 is 2.52 bits per heavy atom. The molecule has 3 rings (SSSR count). The van der Waals surface area contributed by atoms with E-state index in [0.29, 0.717) is 22.3 Å². The van der Waals surface area contributed by atoms with Gasteiger partial charge in [-0.3, -0.25) is 0 Å². The van der Waals surface area contributed by atoms with E-state index in [2.05, 4.69) is 4.98 Å². The molecule has 0 fully saturated rings. The lowest BCUT2D eigenvalue weighted by atomic mass is 9.96. The van der Waals surface area contributed by atoms with Crippen molar-refractivity contribution in [3.63, 3.8) is 0 Å². The number of rotatable bonds is 6. The molecule has 0 aliphatic carbocycles. The number of halogens is 3. The Balaban J connectivity index is 1.76. The molecule has 1 heterocycles. The summed E-state index contributed by atoms with van der Waals surface area (Å²) in [5, 5.41) is 10.0. The van der Waals surface area contributed by atoms with Gasteiger partial charge in [-0.25, -0.2) is 4.98 Å². The molecule has 0 saturated carbocycles. The Bertz CT molecular complexity index is 904. The Labute approximate surface area is 158 Å². The summed E-state index contributed by atoms with van der Waals surface area (Å²) in [5.74, 6) is 0.807. The van der Waals surface area contributed by atoms with Gasteiger partial charge in [0.25, 0.3) is 5.19 Å². The fraction of sp³-hybridized carbons (Fsp3) is 0.316. The zero-order valence-corrected chi connectivity index (χ0v) is 15.5. The molecule has 0 spiro atoms. The molecule has 1 atom stereocenters. The van der Waals surface area contributed by atoms with Crippen LogP contribution in [0.2, 0.25) is 0 Å². The lowest BCUT2D eigenvalue weighted by Crippen LogP contribution is -2.42. The SMILES string of the molecule is COc1cc(CCC(C)(O)C(F)(F)F)ccc1Oc1nc2ccccc2s1. The molecule has 0 saturated heterocycles. The predicted octanol–water partition coefficient (Wildman–Crippen LogP) is 5.34. The maximum absolute atomic E-state index is 12.8. The van der Waals surface area contributed by atoms with Gasteiger partial charge in [-0.15, -0.1) is 0 Å². The third kappa shape index (κ3) is 4.33. The van der Waals surface area contributed by atoms with Crippen LogP contribution in [0, 0.1) is 0 Å². The molecule has 3 aromatic rings. The first kappa shape index (κ1) is 19.4. The number of methoxy groups -OCH3 is 1. The first-order valence-corrected chi connectivity index (χ1v) is 9.01. The second-order valence-corrected chi connectivity index (χ2v) is 7.30. The monoisotopic (exact) mass is 397 g/mol. The molecule has 2 aromatic carbocycles. The van der Waals surface area contributed by atoms with Gasteiger partial charge in [-0.05, 0) is 49.6 Å². The minimum atomic E-state index is -4.67. The molecule has 1 N–H and O–H groups in total. The number of hydrogen-bond acceptors (Lipinski definition) is 5. The number of alkyl halides is 3. The number of aryl methyl sites for hydroxylation is 1. The van der Waals surface area contributed by atoms with Gasteiger partial charge in [-0.2, -0.15) is 13.2 Å². The van der Waals surface area contributed by atoms with Crippen molar-refractivity contribution in [3.8, 4) is 16.7 Å². The van der Waals surface area contributed by atoms with Crippen LogP contribution in [0.15, 0.2) is 42.5 Å². The molecule has 1 unspecified atom stereocenters. The highest BCUT2D eigenvalue weighted by atomic mass is 32.1. The summed E-state index contributed by atoms with van der Waals surface area (Å²) in [6.45, 7) is 0.773. The summed E-state index contributed by atoms with van der Waals surface area (Å²) in [5.41, 5.74) is -1.31. The lowest BCUT2D eigenvalue weighted by Gasteiger charge is -2.26. The standard InChI is InChI=1S/C19H18F3NO3S/c1-18(24,19(20,21)22)10-9-12-7-8-14(15(11-12)25-2)26-17-23-13-5-3-4-6-16(13)27-17/h3-8,11,24H,9-10H2,1-2H3. The van der Waals surface area contributed by atoms with Crippen molar-refractivity contribution in [2.24, 2.45) is 0 Å². The molecular weight excluding hydrogens is 379 g/mol. The van der Waals surface area contributed by atoms with E-state index < -0.39 is 18.2 Å². The molecule has 1 aromatic heterocycles. The van der Waals surface area contributed by atoms with Crippen molar-refractivity contribution in [1.82, 2.24) is 4.98 Å². The zero-order chi connectivity index (χ0) is 19.7. The quantitative estimate of drug-likeness (QED) is 0.610. The van der Waals surface area contributed by atoms with Crippen LogP contribution in [0.3, 0.4) is 0 Å². The molecule has 0 radical (unpaired) electrons. The second-order valence-electron chi connectivity index (χ2n) is 6.31. The molecule has 0 amide bonds. The summed E-state index contributed by atoms with van der Waals surface area (Å²) in [6, 6.07) is 12.5. The van der Waals surface area contributed by atoms with Crippen molar-refractivity contribution in [2.45, 2.75) is 31.5 Å². The maximum atomic E-state index is 12.8. The molecule has 144 valence electrons. The van der Waals surface area contributed by atoms with Crippen molar-refractivity contribution in [2.75, 3.05) is 7.11 Å². The number of benzene rings is 2. The Morgan fingerprint density at radius 2 is 1.85 bits per heavy atom. The van der Waals surface area contributed by atoms with Crippen LogP contribution in [-0.4, -0.2) is 29.0 Å². The summed E-state index contributed by atoms with van der Waals surface area (Å²) >= 11 is 1.38. The Kier molecular flexibility index (Phi) is 5.30. The van der Waals surface area contributed by atoms with E-state index in [1.54, 1.807) is 18.2 Å². The van der Waals surface area contributed by atoms with E-state index in [9.17, 15) is 18.3 Å². The molecule has 0 bridgehead atoms. The average molecular weight is 397 g/mol. The highest BCUT2D eigenvalue weighted by Gasteiger charge is 2.49. The van der Waals surface area contributed by atoms with E-state index in [1.165, 1.54) is 18.4 Å². The van der Waals surface area contributed by atoms with Gasteiger partial charge >= 0.3 is 6.18 Å². The first-order chi connectivity index (χ1) is 12.7. The number of para-hydroxylation sites is 1. The van der Waals surface area contributed by atoms with E-state index >= 15 is 0 Å². The highest BCUT2D eigenvalue weighted by molar-refractivity contribution is 7.20. The minimum Gasteiger partial charge on any atom is -0.493 e. The van der Waals surface area contributed by atoms with Gasteiger partial charge in [0, 0.05) is 0 Å². The van der Waals surface area contributed by atoms with Crippen LogP contribution in [0.4, 0.5) is 13.2 Å². The van der Waals surface area contributed by atoms with Crippen LogP contribution < -0.4 is 9.47 Å². The number of fused-ring (bicyclic) bond motifs is 1. The smallest absolute Gasteiger partial charge is 0.416 e. The van der Waals surface area contributed by atoms with Crippen LogP contribution in [0.25, 0.3) is 10.2 Å². The van der Waals surface area contributed by atoms with Crippen molar-refractivity contribution in [3.05, 3.63) is 48.0 Å². The van der Waals surface area contributed by atoms with Crippen LogP contribution >= 0.6 is 11.3 Å². The van der Waals surface area contributed by atoms with Crippen LogP contribution in [0.1, 0.15) is 18.9 Å². The largest absolute Gasteiger partial charge is 0.493 e. The number of ether oxygens (including phenoxy) is 2. The Hall–Kier alpha value is -2.32. The third-order valence-corrected chi connectivity index (χ3v) is 5.13. The van der Waals surface area contributed by atoms with Gasteiger partial charge in [0.15, 0.2) is 17.1 Å². The summed E-state index contributed by atoms with van der Waals surface area (Å²) in [7, 11) is 1.45. The molecule has 8 heteroatoms. The molecule has 0 aliphatic rings. The van der Waals surface area contributed by atoms with Crippen molar-refractivity contribution < 1.29 is 27.8 Å². The average Bonchev–Trinajstić information content (AvgIpc) is 3.02. The second kappa shape index (κ2) is 7.36. The lowest BCUT2D eigenvalue weighted by molar-refractivity contribution is -0.254. The number of hydrogen-bond donors (Lipinski definition) is 1. The molecule has 27 heavy (non-hydrogen) atoms.